The fraction of sp³-hybridized carbons (Fsp3) is 0.307. The molecule has 4 atom stereocenters. The highest BCUT2D eigenvalue weighted by atomic mass is 32.2. The molecular formula is C88H91F8N25O9S2. The summed E-state index contributed by atoms with van der Waals surface area (Å²) in [6.45, 7) is 26.6. The number of rotatable bonds is 23. The van der Waals surface area contributed by atoms with Crippen molar-refractivity contribution in [2.45, 2.75) is 157 Å². The molecule has 690 valence electrons. The van der Waals surface area contributed by atoms with Gasteiger partial charge in [0.05, 0.1) is 85.4 Å². The number of halogens is 8. The average molecular weight is 1860 g/mol. The van der Waals surface area contributed by atoms with Crippen LogP contribution in [0.1, 0.15) is 119 Å². The Morgan fingerprint density at radius 2 is 0.848 bits per heavy atom. The molecule has 10 N–H and O–H groups in total. The van der Waals surface area contributed by atoms with Crippen LogP contribution in [0.5, 0.6) is 0 Å². The van der Waals surface area contributed by atoms with E-state index in [1.165, 1.54) is 55.9 Å². The summed E-state index contributed by atoms with van der Waals surface area (Å²) in [7, 11) is -6.95. The van der Waals surface area contributed by atoms with Crippen molar-refractivity contribution in [3.63, 3.8) is 0 Å². The molecule has 15 rings (SSSR count). The maximum absolute atomic E-state index is 14.8. The molecule has 0 radical (unpaired) electrons. The second kappa shape index (κ2) is 38.9. The van der Waals surface area contributed by atoms with Crippen molar-refractivity contribution < 1.29 is 71.2 Å². The molecule has 0 aliphatic carbocycles. The number of esters is 1. The normalized spacial score (nSPS) is 13.1. The Labute approximate surface area is 750 Å². The summed E-state index contributed by atoms with van der Waals surface area (Å²) >= 11 is 0. The first-order valence-electron chi connectivity index (χ1n) is 40.5. The van der Waals surface area contributed by atoms with Crippen LogP contribution in [0.3, 0.4) is 0 Å². The van der Waals surface area contributed by atoms with Crippen LogP contribution in [0.4, 0.5) is 58.4 Å². The van der Waals surface area contributed by atoms with E-state index < -0.39 is 101 Å². The van der Waals surface area contributed by atoms with E-state index in [1.807, 2.05) is 96.9 Å². The number of H-pyrrole nitrogens is 3. The molecule has 0 amide bonds. The maximum Gasteiger partial charge on any atom is 0.438 e. The molecule has 0 fully saturated rings. The molecule has 13 aromatic heterocycles. The Kier molecular flexibility index (Phi) is 28.4. The van der Waals surface area contributed by atoms with Crippen LogP contribution >= 0.6 is 0 Å². The smallest absolute Gasteiger partial charge is 0.438 e. The SMILES string of the molecule is CC(C)(C)C(C/C(N)=N/O)Nc1nc(-c2c[nH]c3ncc(F)cc23)ncc1F.CC(C)(C)C(Cc1noc(=O)[nH]1)Nc1nc(-c2c[nH]c3ncc(F)cc23)ncc1F.COC(=O)CC(Nc1nc(-c2cn(S(=O)(=O)c3ccc(C)cc3)c3ncc(F)cc23)ncc1F)C(C)(C)C.Cc1ccc(S(=O)(=O)n2cc(-c3ncc(F)c(NC(CC#N)C(C)(C)C)n3)c3cc(F)cnc32)cc1. The van der Waals surface area contributed by atoms with Crippen molar-refractivity contribution in [2.75, 3.05) is 28.4 Å². The largest absolute Gasteiger partial charge is 0.469 e. The number of aryl methyl sites for hydroxylation is 2. The number of aromatic nitrogens is 18. The zero-order valence-corrected chi connectivity index (χ0v) is 75.4. The first-order valence-corrected chi connectivity index (χ1v) is 43.4. The molecule has 0 spiro atoms. The van der Waals surface area contributed by atoms with Gasteiger partial charge >= 0.3 is 11.7 Å². The predicted molar refractivity (Wildman–Crippen MR) is 476 cm³/mol. The van der Waals surface area contributed by atoms with Crippen molar-refractivity contribution in [3.8, 4) is 51.6 Å². The monoisotopic (exact) mass is 1860 g/mol. The van der Waals surface area contributed by atoms with E-state index in [-0.39, 0.29) is 144 Å². The number of hydrogen-bond acceptors (Lipinski definition) is 28. The molecule has 0 saturated heterocycles. The fourth-order valence-corrected chi connectivity index (χ4v) is 15.9. The fourth-order valence-electron chi connectivity index (χ4n) is 13.3. The van der Waals surface area contributed by atoms with Crippen LogP contribution in [0, 0.1) is 93.4 Å². The lowest BCUT2D eigenvalue weighted by Crippen LogP contribution is -2.38. The van der Waals surface area contributed by atoms with Crippen molar-refractivity contribution in [3.05, 3.63) is 221 Å². The Morgan fingerprint density at radius 1 is 0.508 bits per heavy atom. The number of fused-ring (bicyclic) bond motifs is 4. The van der Waals surface area contributed by atoms with Crippen LogP contribution in [0.25, 0.3) is 89.7 Å². The van der Waals surface area contributed by atoms with Gasteiger partial charge in [0.15, 0.2) is 87.0 Å². The lowest BCUT2D eigenvalue weighted by atomic mass is 9.84. The van der Waals surface area contributed by atoms with E-state index in [0.29, 0.717) is 39.0 Å². The van der Waals surface area contributed by atoms with Gasteiger partial charge in [0, 0.05) is 106 Å². The Morgan fingerprint density at radius 3 is 1.19 bits per heavy atom. The molecule has 0 saturated carbocycles. The summed E-state index contributed by atoms with van der Waals surface area (Å²) in [4.78, 5) is 80.8. The second-order valence-corrected chi connectivity index (χ2v) is 38.5. The quantitative estimate of drug-likeness (QED) is 0.00717. The maximum atomic E-state index is 14.8. The van der Waals surface area contributed by atoms with Gasteiger partial charge in [-0.3, -0.25) is 14.3 Å². The van der Waals surface area contributed by atoms with Crippen LogP contribution in [0.15, 0.2) is 171 Å². The number of nitrogens with one attached hydrogen (secondary N) is 7. The number of anilines is 4. The van der Waals surface area contributed by atoms with Gasteiger partial charge in [0.25, 0.3) is 20.0 Å². The van der Waals surface area contributed by atoms with Crippen molar-refractivity contribution in [2.24, 2.45) is 32.5 Å². The Bertz CT molecular complexity index is 7160. The molecule has 0 aliphatic heterocycles. The summed E-state index contributed by atoms with van der Waals surface area (Å²) in [6, 6.07) is 17.8. The third kappa shape index (κ3) is 22.4. The van der Waals surface area contributed by atoms with Crippen molar-refractivity contribution >= 4 is 99.3 Å². The van der Waals surface area contributed by atoms with Crippen molar-refractivity contribution in [1.29, 1.82) is 5.26 Å². The minimum atomic E-state index is -4.12. The van der Waals surface area contributed by atoms with Gasteiger partial charge in [0.2, 0.25) is 0 Å². The highest BCUT2D eigenvalue weighted by Crippen LogP contribution is 2.39. The molecule has 132 heavy (non-hydrogen) atoms. The standard InChI is InChI=1S/C26H27F2N5O4S.C25H24F2N6O2S.C19H19F2N7O2.C18H21F2N7O/c1-15-6-8-17(9-7-15)38(35,36)33-14-19(18-10-16(27)12-30-25(18)33)23-29-13-20(28)24(32-23)31-21(26(2,3)4)11-22(34)37-5;1-15-5-7-17(8-6-15)36(34,35)33-14-19(18-11-16(26)12-30-24(18)33)22-29-13-20(27)23(32-22)31-21(9-10-28)25(2,3)4;1-19(2,3)13(5-14-26-18(29)30-28-14)25-17-12(21)8-24-16(27-17)11-7-23-15-10(11)4-9(20)6-22-15;1-18(2,3)13(5-14(21)27-28)25-17-12(20)8-24-16(26-17)11-7-23-15-10(11)4-9(19)6-22-15/h6-10,12-14,21H,11H2,1-5H3,(H,29,31,32);5-8,11-14,21H,9H2,1-4H3,(H,29,31,32);4,6-8,13H,5H2,1-3H3,(H,22,23)(H,24,25,27)(H,26,28,29);4,6-8,13,28H,5H2,1-3H3,(H2,21,27)(H,22,23)(H,24,25,26). The summed E-state index contributed by atoms with van der Waals surface area (Å²) in [5.74, 6) is -6.09. The number of pyridine rings is 4. The first-order chi connectivity index (χ1) is 62.1. The van der Waals surface area contributed by atoms with E-state index in [2.05, 4.69) is 117 Å². The molecule has 44 heteroatoms. The number of nitrogens with zero attached hydrogens (tertiary/aromatic N) is 17. The number of nitrogens with two attached hydrogens (primary N) is 1. The second-order valence-electron chi connectivity index (χ2n) is 34.9. The molecule has 15 aromatic rings. The number of hydrogen-bond donors (Lipinski definition) is 9. The van der Waals surface area contributed by atoms with Gasteiger partial charge < -0.3 is 46.9 Å². The summed E-state index contributed by atoms with van der Waals surface area (Å²) in [6.07, 6.45) is 14.2. The van der Waals surface area contributed by atoms with E-state index >= 15 is 0 Å². The van der Waals surface area contributed by atoms with E-state index in [0.717, 1.165) is 80.8 Å². The highest BCUT2D eigenvalue weighted by Gasteiger charge is 2.35. The van der Waals surface area contributed by atoms with Crippen LogP contribution in [-0.2, 0) is 36.0 Å². The molecule has 13 heterocycles. The summed E-state index contributed by atoms with van der Waals surface area (Å²) in [5, 5.41) is 38.0. The van der Waals surface area contributed by atoms with Gasteiger partial charge in [-0.15, -0.1) is 0 Å². The number of carbonyl (C=O) groups excluding carboxylic acids is 1. The minimum Gasteiger partial charge on any atom is -0.469 e. The summed E-state index contributed by atoms with van der Waals surface area (Å²) < 4.78 is 179. The summed E-state index contributed by atoms with van der Waals surface area (Å²) in [5.41, 5.74) is 7.98. The molecule has 4 unspecified atom stereocenters. The van der Waals surface area contributed by atoms with Crippen LogP contribution in [0.2, 0.25) is 0 Å². The van der Waals surface area contributed by atoms with E-state index in [1.54, 1.807) is 36.7 Å². The van der Waals surface area contributed by atoms with Crippen LogP contribution in [-0.4, -0.2) is 153 Å². The Hall–Kier alpha value is -14.8. The number of oxime groups is 1. The average Bonchev–Trinajstić information content (AvgIpc) is 1.60. The topological polar surface area (TPSA) is 480 Å². The van der Waals surface area contributed by atoms with Crippen molar-refractivity contribution in [1.82, 2.24) is 87.9 Å². The number of carbonyl (C=O) groups is 1. The molecular weight excluding hydrogens is 1770 g/mol. The van der Waals surface area contributed by atoms with Gasteiger partial charge in [-0.1, -0.05) is 129 Å². The predicted octanol–water partition coefficient (Wildman–Crippen LogP) is 16.1. The first kappa shape index (κ1) is 96.3. The van der Waals surface area contributed by atoms with Gasteiger partial charge in [-0.25, -0.2) is 125 Å². The highest BCUT2D eigenvalue weighted by molar-refractivity contribution is 7.90. The van der Waals surface area contributed by atoms with E-state index in [4.69, 9.17) is 15.7 Å². The molecule has 2 aromatic carbocycles. The lowest BCUT2D eigenvalue weighted by Gasteiger charge is -2.31. The molecule has 0 bridgehead atoms. The lowest BCUT2D eigenvalue weighted by molar-refractivity contribution is -0.141. The number of aromatic amines is 3. The number of benzene rings is 2. The van der Waals surface area contributed by atoms with Crippen LogP contribution < -0.4 is 32.8 Å². The Balaban J connectivity index is 0.000000160. The molecule has 34 nitrogen and oxygen atoms in total. The zero-order chi connectivity index (χ0) is 96.0. The minimum absolute atomic E-state index is 0.0101. The third-order valence-corrected chi connectivity index (χ3v) is 24.3. The van der Waals surface area contributed by atoms with Gasteiger partial charge in [-0.2, -0.15) is 5.26 Å². The van der Waals surface area contributed by atoms with Gasteiger partial charge in [-0.05, 0) is 84.0 Å². The number of nitriles is 1. The molecule has 0 aliphatic rings. The zero-order valence-electron chi connectivity index (χ0n) is 73.7. The third-order valence-electron chi connectivity index (χ3n) is 21.0. The number of ether oxygens (including phenoxy) is 1. The number of methoxy groups -OCH3 is 1. The number of amidine groups is 1. The van der Waals surface area contributed by atoms with E-state index in [9.17, 15) is 66.8 Å². The van der Waals surface area contributed by atoms with Gasteiger partial charge in [0.1, 0.15) is 40.4 Å².